The standard InChI is InChI=1S/C26H21N3O2.ClH/c1-26(2)19-12-6-7-14-21(19)29(3)22(26)15-27-28-20-13-8-11-18-23(20)25(31)17-10-5-4-9-16(17)24(18)30;/h4-15H,1-3H3;1H. The van der Waals surface area contributed by atoms with Gasteiger partial charge in [-0.1, -0.05) is 54.6 Å². The predicted molar refractivity (Wildman–Crippen MR) is 122 cm³/mol. The number of fused-ring (bicyclic) bond motifs is 3. The van der Waals surface area contributed by atoms with Gasteiger partial charge in [-0.15, -0.1) is 0 Å². The third kappa shape index (κ3) is 3.09. The van der Waals surface area contributed by atoms with Crippen molar-refractivity contribution in [3.63, 3.8) is 0 Å². The van der Waals surface area contributed by atoms with E-state index in [4.69, 9.17) is 0 Å². The number of nitrogens with one attached hydrogen (secondary N) is 1. The SMILES string of the molecule is C[N+]1=C(/C=N/Nc2cccc3c2C(=O)c2ccccc2C3=O)C(C)(C)c2ccccc21.[Cl-]. The minimum absolute atomic E-state index is 0. The van der Waals surface area contributed by atoms with Gasteiger partial charge in [0.2, 0.25) is 11.4 Å². The van der Waals surface area contributed by atoms with Crippen LogP contribution in [0.25, 0.3) is 0 Å². The number of para-hydroxylation sites is 1. The molecule has 2 aliphatic rings. The minimum Gasteiger partial charge on any atom is -1.00 e. The van der Waals surface area contributed by atoms with Gasteiger partial charge in [0.15, 0.2) is 11.6 Å². The third-order valence-electron chi connectivity index (χ3n) is 6.26. The van der Waals surface area contributed by atoms with E-state index in [1.807, 2.05) is 19.2 Å². The molecule has 0 fully saturated rings. The lowest BCUT2D eigenvalue weighted by atomic mass is 9.82. The van der Waals surface area contributed by atoms with Crippen molar-refractivity contribution in [2.45, 2.75) is 19.3 Å². The van der Waals surface area contributed by atoms with Crippen LogP contribution in [0.3, 0.4) is 0 Å². The van der Waals surface area contributed by atoms with E-state index in [1.54, 1.807) is 48.7 Å². The molecule has 32 heavy (non-hydrogen) atoms. The molecule has 0 saturated heterocycles. The van der Waals surface area contributed by atoms with Crippen LogP contribution in [0.15, 0.2) is 71.8 Å². The number of hydrogen-bond donors (Lipinski definition) is 1. The quantitative estimate of drug-likeness (QED) is 0.297. The summed E-state index contributed by atoms with van der Waals surface area (Å²) in [5.74, 6) is -0.304. The molecule has 1 aliphatic carbocycles. The summed E-state index contributed by atoms with van der Waals surface area (Å²) < 4.78 is 2.13. The van der Waals surface area contributed by atoms with Crippen molar-refractivity contribution in [1.82, 2.24) is 0 Å². The molecule has 0 atom stereocenters. The van der Waals surface area contributed by atoms with Gasteiger partial charge in [0, 0.05) is 28.3 Å². The van der Waals surface area contributed by atoms with Gasteiger partial charge >= 0.3 is 0 Å². The Morgan fingerprint density at radius 1 is 0.844 bits per heavy atom. The Labute approximate surface area is 192 Å². The molecule has 5 nitrogen and oxygen atoms in total. The summed E-state index contributed by atoms with van der Waals surface area (Å²) in [5, 5.41) is 4.46. The zero-order valence-corrected chi connectivity index (χ0v) is 18.8. The van der Waals surface area contributed by atoms with Crippen LogP contribution in [0.4, 0.5) is 11.4 Å². The van der Waals surface area contributed by atoms with E-state index in [2.05, 4.69) is 41.1 Å². The van der Waals surface area contributed by atoms with Crippen molar-refractivity contribution >= 4 is 34.9 Å². The highest BCUT2D eigenvalue weighted by atomic mass is 35.5. The van der Waals surface area contributed by atoms with Gasteiger partial charge in [-0.3, -0.25) is 15.0 Å². The molecule has 3 aromatic carbocycles. The molecular formula is C26H22ClN3O2. The summed E-state index contributed by atoms with van der Waals surface area (Å²) >= 11 is 0. The summed E-state index contributed by atoms with van der Waals surface area (Å²) in [4.78, 5) is 26.1. The normalized spacial score (nSPS) is 15.8. The number of benzene rings is 3. The average molecular weight is 444 g/mol. The fourth-order valence-corrected chi connectivity index (χ4v) is 4.63. The number of nitrogens with zero attached hydrogens (tertiary/aromatic N) is 2. The second kappa shape index (κ2) is 7.84. The summed E-state index contributed by atoms with van der Waals surface area (Å²) in [6.45, 7) is 4.33. The lowest BCUT2D eigenvalue weighted by Crippen LogP contribution is -3.00. The van der Waals surface area contributed by atoms with Gasteiger partial charge in [-0.05, 0) is 19.9 Å². The summed E-state index contributed by atoms with van der Waals surface area (Å²) in [5.41, 5.74) is 8.44. The molecule has 6 heteroatoms. The first-order valence-corrected chi connectivity index (χ1v) is 10.2. The Bertz CT molecular complexity index is 1340. The monoisotopic (exact) mass is 443 g/mol. The molecular weight excluding hydrogens is 422 g/mol. The smallest absolute Gasteiger partial charge is 0.212 e. The molecule has 0 unspecified atom stereocenters. The van der Waals surface area contributed by atoms with Gasteiger partial charge in [0.25, 0.3) is 0 Å². The summed E-state index contributed by atoms with van der Waals surface area (Å²) in [6.07, 6.45) is 1.79. The van der Waals surface area contributed by atoms with E-state index >= 15 is 0 Å². The van der Waals surface area contributed by atoms with Crippen molar-refractivity contribution in [2.75, 3.05) is 12.5 Å². The fourth-order valence-electron chi connectivity index (χ4n) is 4.63. The molecule has 0 aromatic heterocycles. The lowest BCUT2D eigenvalue weighted by Gasteiger charge is -2.19. The second-order valence-electron chi connectivity index (χ2n) is 8.39. The van der Waals surface area contributed by atoms with Crippen LogP contribution in [-0.2, 0) is 5.41 Å². The molecule has 1 aliphatic heterocycles. The van der Waals surface area contributed by atoms with Crippen molar-refractivity contribution < 1.29 is 26.6 Å². The van der Waals surface area contributed by atoms with Crippen LogP contribution in [0.1, 0.15) is 51.3 Å². The molecule has 0 bridgehead atoms. The first kappa shape index (κ1) is 21.7. The molecule has 3 aromatic rings. The van der Waals surface area contributed by atoms with Crippen LogP contribution in [-0.4, -0.2) is 35.1 Å². The van der Waals surface area contributed by atoms with E-state index in [0.717, 1.165) is 11.4 Å². The number of halogens is 1. The van der Waals surface area contributed by atoms with E-state index in [0.29, 0.717) is 27.9 Å². The van der Waals surface area contributed by atoms with Crippen LogP contribution < -0.4 is 17.8 Å². The molecule has 0 amide bonds. The maximum atomic E-state index is 13.1. The van der Waals surface area contributed by atoms with Gasteiger partial charge in [0.05, 0.1) is 16.7 Å². The number of anilines is 1. The molecule has 0 saturated carbocycles. The largest absolute Gasteiger partial charge is 1.00 e. The maximum Gasteiger partial charge on any atom is 0.212 e. The Morgan fingerprint density at radius 3 is 2.19 bits per heavy atom. The van der Waals surface area contributed by atoms with E-state index in [-0.39, 0.29) is 29.4 Å². The van der Waals surface area contributed by atoms with Gasteiger partial charge in [-0.2, -0.15) is 9.68 Å². The van der Waals surface area contributed by atoms with Gasteiger partial charge in [-0.25, -0.2) is 0 Å². The van der Waals surface area contributed by atoms with Crippen molar-refractivity contribution in [3.8, 4) is 0 Å². The molecule has 0 radical (unpaired) electrons. The Morgan fingerprint density at radius 2 is 1.47 bits per heavy atom. The topological polar surface area (TPSA) is 61.5 Å². The second-order valence-corrected chi connectivity index (χ2v) is 8.39. The number of ketones is 2. The highest BCUT2D eigenvalue weighted by Crippen LogP contribution is 2.38. The molecule has 5 rings (SSSR count). The highest BCUT2D eigenvalue weighted by molar-refractivity contribution is 6.34. The zero-order valence-electron chi connectivity index (χ0n) is 18.0. The lowest BCUT2D eigenvalue weighted by molar-refractivity contribution is -0.400. The van der Waals surface area contributed by atoms with E-state index in [1.165, 1.54) is 5.56 Å². The number of carbonyl (C=O) groups excluding carboxylic acids is 2. The number of rotatable bonds is 3. The van der Waals surface area contributed by atoms with Crippen molar-refractivity contribution in [1.29, 1.82) is 0 Å². The first-order valence-electron chi connectivity index (χ1n) is 10.2. The van der Waals surface area contributed by atoms with E-state index in [9.17, 15) is 9.59 Å². The van der Waals surface area contributed by atoms with Gasteiger partial charge < -0.3 is 12.4 Å². The Balaban J connectivity index is 0.00000245. The highest BCUT2D eigenvalue weighted by Gasteiger charge is 2.43. The molecule has 160 valence electrons. The van der Waals surface area contributed by atoms with E-state index < -0.39 is 0 Å². The van der Waals surface area contributed by atoms with Crippen molar-refractivity contribution in [3.05, 3.63) is 94.5 Å². The molecule has 1 N–H and O–H groups in total. The fraction of sp³-hybridized carbons (Fsp3) is 0.154. The Hall–Kier alpha value is -3.57. The van der Waals surface area contributed by atoms with Crippen molar-refractivity contribution in [2.24, 2.45) is 5.10 Å². The predicted octanol–water partition coefficient (Wildman–Crippen LogP) is 1.57. The number of hydrazone groups is 1. The number of hydrogen-bond acceptors (Lipinski definition) is 4. The van der Waals surface area contributed by atoms with Crippen LogP contribution >= 0.6 is 0 Å². The molecule has 1 heterocycles. The van der Waals surface area contributed by atoms with Gasteiger partial charge in [0.1, 0.15) is 13.3 Å². The Kier molecular flexibility index (Phi) is 5.31. The number of carbonyl (C=O) groups is 2. The third-order valence-corrected chi connectivity index (χ3v) is 6.26. The van der Waals surface area contributed by atoms with Crippen LogP contribution in [0.5, 0.6) is 0 Å². The molecule has 0 spiro atoms. The minimum atomic E-state index is -0.197. The van der Waals surface area contributed by atoms with Crippen LogP contribution in [0.2, 0.25) is 0 Å². The summed E-state index contributed by atoms with van der Waals surface area (Å²) in [6, 6.07) is 20.5. The first-order chi connectivity index (χ1) is 14.9. The summed E-state index contributed by atoms with van der Waals surface area (Å²) in [7, 11) is 2.03. The average Bonchev–Trinajstić information content (AvgIpc) is 2.98. The maximum absolute atomic E-state index is 13.1. The zero-order chi connectivity index (χ0) is 21.8. The van der Waals surface area contributed by atoms with Crippen LogP contribution in [0, 0.1) is 0 Å².